The lowest BCUT2D eigenvalue weighted by Crippen LogP contribution is -2.46. The van der Waals surface area contributed by atoms with E-state index in [0.717, 1.165) is 22.5 Å². The van der Waals surface area contributed by atoms with Gasteiger partial charge in [0, 0.05) is 36.5 Å². The molecule has 3 aromatic rings. The summed E-state index contributed by atoms with van der Waals surface area (Å²) in [6.07, 6.45) is 0.725. The number of aliphatic hydroxyl groups excluding tert-OH is 1. The zero-order valence-electron chi connectivity index (χ0n) is 24.2. The predicted molar refractivity (Wildman–Crippen MR) is 165 cm³/mol. The highest BCUT2D eigenvalue weighted by Gasteiger charge is 2.66. The van der Waals surface area contributed by atoms with E-state index in [9.17, 15) is 19.5 Å². The number of hydrazone groups is 1. The first-order valence-corrected chi connectivity index (χ1v) is 17.6. The van der Waals surface area contributed by atoms with E-state index in [1.54, 1.807) is 4.90 Å². The number of hydrogen-bond donors (Lipinski definition) is 2. The minimum Gasteiger partial charge on any atom is -0.432 e. The number of ether oxygens (including phenoxy) is 1. The smallest absolute Gasteiger partial charge is 0.264 e. The SMILES string of the molecule is C[C@@H]1[C@@H]([Si](C)(C)O)[C@H](CCO)O[C@@]12C(=O)N(Cc1ccccc1)c1ccc(N3N=C(c4ccccc4)CCC3=O)cc12. The molecule has 3 heterocycles. The molecule has 2 N–H and O–H groups in total. The number of benzene rings is 3. The molecule has 1 saturated heterocycles. The van der Waals surface area contributed by atoms with Gasteiger partial charge in [-0.1, -0.05) is 67.6 Å². The molecule has 0 aliphatic carbocycles. The molecule has 3 aliphatic rings. The number of amides is 2. The van der Waals surface area contributed by atoms with E-state index in [1.165, 1.54) is 5.01 Å². The summed E-state index contributed by atoms with van der Waals surface area (Å²) in [5, 5.41) is 16.1. The zero-order chi connectivity index (χ0) is 29.6. The molecule has 3 aromatic carbocycles. The van der Waals surface area contributed by atoms with E-state index in [0.29, 0.717) is 37.1 Å². The standard InChI is InChI=1S/C33H37N3O5Si/c1-22-31(42(2,3)40)29(18-19-37)41-33(22)26-20-25(36-30(38)17-15-27(34-36)24-12-8-5-9-13-24)14-16-28(26)35(32(33)39)21-23-10-6-4-7-11-23/h4-14,16,20,22,29,31,37,40H,15,17-19,21H2,1-3H3/t22-,29+,31-,33+/m1/s1. The second-order valence-electron chi connectivity index (χ2n) is 12.1. The molecule has 0 bridgehead atoms. The van der Waals surface area contributed by atoms with Gasteiger partial charge in [0.1, 0.15) is 0 Å². The van der Waals surface area contributed by atoms with Crippen LogP contribution in [0.1, 0.15) is 42.9 Å². The Balaban J connectivity index is 1.48. The van der Waals surface area contributed by atoms with Crippen molar-refractivity contribution in [3.05, 3.63) is 95.6 Å². The highest BCUT2D eigenvalue weighted by Crippen LogP contribution is 2.60. The van der Waals surface area contributed by atoms with Crippen molar-refractivity contribution in [2.75, 3.05) is 16.5 Å². The lowest BCUT2D eigenvalue weighted by atomic mass is 9.82. The molecule has 1 fully saturated rings. The second kappa shape index (κ2) is 10.9. The van der Waals surface area contributed by atoms with Gasteiger partial charge >= 0.3 is 0 Å². The van der Waals surface area contributed by atoms with Crippen molar-refractivity contribution < 1.29 is 24.2 Å². The molecular formula is C33H37N3O5Si. The first-order chi connectivity index (χ1) is 20.1. The summed E-state index contributed by atoms with van der Waals surface area (Å²) >= 11 is 0. The van der Waals surface area contributed by atoms with E-state index in [2.05, 4.69) is 0 Å². The number of hydrogen-bond acceptors (Lipinski definition) is 6. The predicted octanol–water partition coefficient (Wildman–Crippen LogP) is 4.94. The third-order valence-electron chi connectivity index (χ3n) is 8.95. The van der Waals surface area contributed by atoms with Crippen LogP contribution in [0.25, 0.3) is 0 Å². The number of carbonyl (C=O) groups is 2. The van der Waals surface area contributed by atoms with Gasteiger partial charge in [0.2, 0.25) is 5.91 Å². The molecule has 6 rings (SSSR count). The highest BCUT2D eigenvalue weighted by atomic mass is 28.4. The summed E-state index contributed by atoms with van der Waals surface area (Å²) < 4.78 is 6.75. The summed E-state index contributed by atoms with van der Waals surface area (Å²) in [5.41, 5.74) is 3.10. The number of anilines is 2. The summed E-state index contributed by atoms with van der Waals surface area (Å²) in [6, 6.07) is 25.2. The Morgan fingerprint density at radius 2 is 1.69 bits per heavy atom. The maximum absolute atomic E-state index is 14.6. The average molecular weight is 584 g/mol. The van der Waals surface area contributed by atoms with Gasteiger partial charge in [0.05, 0.1) is 29.7 Å². The lowest BCUT2D eigenvalue weighted by molar-refractivity contribution is -0.146. The summed E-state index contributed by atoms with van der Waals surface area (Å²) in [7, 11) is -2.82. The summed E-state index contributed by atoms with van der Waals surface area (Å²) in [4.78, 5) is 40.9. The van der Waals surface area contributed by atoms with E-state index in [4.69, 9.17) is 9.84 Å². The van der Waals surface area contributed by atoms with Gasteiger partial charge in [0.25, 0.3) is 5.91 Å². The lowest BCUT2D eigenvalue weighted by Gasteiger charge is -2.32. The number of aliphatic hydroxyl groups is 1. The van der Waals surface area contributed by atoms with Crippen LogP contribution in [0.2, 0.25) is 18.6 Å². The van der Waals surface area contributed by atoms with Gasteiger partial charge in [-0.05, 0) is 48.8 Å². The molecule has 0 aromatic heterocycles. The van der Waals surface area contributed by atoms with Crippen molar-refractivity contribution >= 4 is 37.2 Å². The van der Waals surface area contributed by atoms with E-state index in [1.807, 2.05) is 98.9 Å². The van der Waals surface area contributed by atoms with Gasteiger partial charge < -0.3 is 19.5 Å². The number of nitrogens with zero attached hydrogens (tertiary/aromatic N) is 3. The molecular weight excluding hydrogens is 546 g/mol. The fourth-order valence-electron chi connectivity index (χ4n) is 7.11. The average Bonchev–Trinajstić information content (AvgIpc) is 3.41. The van der Waals surface area contributed by atoms with Crippen LogP contribution in [0.3, 0.4) is 0 Å². The normalized spacial score (nSPS) is 25.7. The minimum atomic E-state index is -2.82. The molecule has 218 valence electrons. The fourth-order valence-corrected chi connectivity index (χ4v) is 9.71. The number of fused-ring (bicyclic) bond motifs is 2. The summed E-state index contributed by atoms with van der Waals surface area (Å²) in [5.74, 6) is -0.661. The van der Waals surface area contributed by atoms with Crippen LogP contribution in [0.15, 0.2) is 84.0 Å². The number of carbonyl (C=O) groups excluding carboxylic acids is 2. The molecule has 42 heavy (non-hydrogen) atoms. The first kappa shape index (κ1) is 28.5. The van der Waals surface area contributed by atoms with Crippen molar-refractivity contribution in [2.24, 2.45) is 11.0 Å². The maximum atomic E-state index is 14.6. The second-order valence-corrected chi connectivity index (χ2v) is 16.0. The van der Waals surface area contributed by atoms with Crippen molar-refractivity contribution in [3.8, 4) is 0 Å². The molecule has 2 amide bonds. The van der Waals surface area contributed by atoms with Crippen molar-refractivity contribution in [3.63, 3.8) is 0 Å². The highest BCUT2D eigenvalue weighted by molar-refractivity contribution is 6.71. The van der Waals surface area contributed by atoms with Crippen molar-refractivity contribution in [1.82, 2.24) is 0 Å². The van der Waals surface area contributed by atoms with Crippen molar-refractivity contribution in [2.45, 2.75) is 63.1 Å². The Hall–Kier alpha value is -3.63. The number of rotatable bonds is 7. The van der Waals surface area contributed by atoms with Crippen LogP contribution < -0.4 is 9.91 Å². The zero-order valence-corrected chi connectivity index (χ0v) is 25.2. The third kappa shape index (κ3) is 4.70. The van der Waals surface area contributed by atoms with Gasteiger partial charge in [-0.2, -0.15) is 5.10 Å². The Labute approximate surface area is 247 Å². The van der Waals surface area contributed by atoms with Crippen LogP contribution in [-0.4, -0.2) is 48.5 Å². The van der Waals surface area contributed by atoms with E-state index in [-0.39, 0.29) is 29.9 Å². The van der Waals surface area contributed by atoms with Crippen LogP contribution in [0.4, 0.5) is 11.4 Å². The third-order valence-corrected chi connectivity index (χ3v) is 11.5. The molecule has 0 radical (unpaired) electrons. The van der Waals surface area contributed by atoms with E-state index >= 15 is 0 Å². The van der Waals surface area contributed by atoms with E-state index < -0.39 is 20.0 Å². The van der Waals surface area contributed by atoms with Gasteiger partial charge in [0.15, 0.2) is 13.9 Å². The monoisotopic (exact) mass is 583 g/mol. The fraction of sp³-hybridized carbons (Fsp3) is 0.364. The van der Waals surface area contributed by atoms with Gasteiger partial charge in [-0.25, -0.2) is 5.01 Å². The Kier molecular flexibility index (Phi) is 7.39. The molecule has 3 aliphatic heterocycles. The molecule has 0 saturated carbocycles. The minimum absolute atomic E-state index is 0.109. The molecule has 0 unspecified atom stereocenters. The molecule has 8 nitrogen and oxygen atoms in total. The molecule has 9 heteroatoms. The topological polar surface area (TPSA) is 103 Å². The molecule has 1 spiro atoms. The quantitative estimate of drug-likeness (QED) is 0.384. The van der Waals surface area contributed by atoms with Crippen molar-refractivity contribution in [1.29, 1.82) is 0 Å². The first-order valence-electron chi connectivity index (χ1n) is 14.6. The summed E-state index contributed by atoms with van der Waals surface area (Å²) in [6.45, 7) is 5.96. The Morgan fingerprint density at radius 3 is 2.36 bits per heavy atom. The van der Waals surface area contributed by atoms with Crippen LogP contribution >= 0.6 is 0 Å². The van der Waals surface area contributed by atoms with Gasteiger partial charge in [-0.15, -0.1) is 0 Å². The molecule has 4 atom stereocenters. The Morgan fingerprint density at radius 1 is 1.00 bits per heavy atom. The van der Waals surface area contributed by atoms with Crippen LogP contribution in [-0.2, 0) is 26.5 Å². The largest absolute Gasteiger partial charge is 0.432 e. The Bertz CT molecular complexity index is 1520. The van der Waals surface area contributed by atoms with Gasteiger partial charge in [-0.3, -0.25) is 9.59 Å². The maximum Gasteiger partial charge on any atom is 0.264 e. The van der Waals surface area contributed by atoms with Crippen LogP contribution in [0, 0.1) is 5.92 Å². The van der Waals surface area contributed by atoms with Crippen LogP contribution in [0.5, 0.6) is 0 Å².